The van der Waals surface area contributed by atoms with Gasteiger partial charge in [-0.15, -0.1) is 0 Å². The quantitative estimate of drug-likeness (QED) is 0.473. The molecular weight excluding hydrogens is 383 g/mol. The molecule has 5 nitrogen and oxygen atoms in total. The molecule has 0 bridgehead atoms. The summed E-state index contributed by atoms with van der Waals surface area (Å²) in [6.45, 7) is 0.720. The summed E-state index contributed by atoms with van der Waals surface area (Å²) < 4.78 is 24.4. The van der Waals surface area contributed by atoms with Crippen molar-refractivity contribution in [2.75, 3.05) is 0 Å². The number of amides is 1. The standard InChI is InChI=1S/C24H19FN2O3/c25-20-8-6-19(7-9-20)21-10-11-22(30-21)24(28)27-15-18-12-13-26-23(14-18)29-16-17-4-2-1-3-5-17/h1-14H,15-16H2,(H,27,28). The lowest BCUT2D eigenvalue weighted by Gasteiger charge is -2.08. The first-order valence-electron chi connectivity index (χ1n) is 9.43. The zero-order valence-corrected chi connectivity index (χ0v) is 16.0. The lowest BCUT2D eigenvalue weighted by atomic mass is 10.2. The van der Waals surface area contributed by atoms with Crippen LogP contribution in [0.2, 0.25) is 0 Å². The number of carbonyl (C=O) groups excluding carboxylic acids is 1. The normalized spacial score (nSPS) is 10.6. The predicted octanol–water partition coefficient (Wildman–Crippen LogP) is 4.99. The summed E-state index contributed by atoms with van der Waals surface area (Å²) in [7, 11) is 0. The van der Waals surface area contributed by atoms with Crippen molar-refractivity contribution in [3.05, 3.63) is 108 Å². The number of aromatic nitrogens is 1. The van der Waals surface area contributed by atoms with Gasteiger partial charge in [0, 0.05) is 24.4 Å². The molecule has 0 aliphatic rings. The van der Waals surface area contributed by atoms with Gasteiger partial charge in [-0.05, 0) is 53.6 Å². The Morgan fingerprint density at radius 1 is 0.967 bits per heavy atom. The van der Waals surface area contributed by atoms with E-state index in [0.29, 0.717) is 30.4 Å². The molecule has 0 spiro atoms. The summed E-state index contributed by atoms with van der Waals surface area (Å²) in [6.07, 6.45) is 1.64. The third kappa shape index (κ3) is 4.91. The fourth-order valence-corrected chi connectivity index (χ4v) is 2.87. The summed E-state index contributed by atoms with van der Waals surface area (Å²) in [6, 6.07) is 22.6. The van der Waals surface area contributed by atoms with Crippen molar-refractivity contribution in [2.24, 2.45) is 0 Å². The second kappa shape index (κ2) is 9.05. The van der Waals surface area contributed by atoms with Crippen LogP contribution in [0.3, 0.4) is 0 Å². The van der Waals surface area contributed by atoms with Gasteiger partial charge in [0.2, 0.25) is 5.88 Å². The molecule has 2 aromatic heterocycles. The van der Waals surface area contributed by atoms with Gasteiger partial charge in [-0.3, -0.25) is 4.79 Å². The number of nitrogens with zero attached hydrogens (tertiary/aromatic N) is 1. The molecule has 2 aromatic carbocycles. The predicted molar refractivity (Wildman–Crippen MR) is 110 cm³/mol. The minimum atomic E-state index is -0.341. The number of carbonyl (C=O) groups is 1. The van der Waals surface area contributed by atoms with Crippen molar-refractivity contribution in [1.29, 1.82) is 0 Å². The highest BCUT2D eigenvalue weighted by Crippen LogP contribution is 2.22. The molecule has 0 unspecified atom stereocenters. The zero-order chi connectivity index (χ0) is 20.8. The van der Waals surface area contributed by atoms with Crippen LogP contribution in [0.5, 0.6) is 5.88 Å². The van der Waals surface area contributed by atoms with Gasteiger partial charge in [0.1, 0.15) is 18.2 Å². The summed E-state index contributed by atoms with van der Waals surface area (Å²) >= 11 is 0. The number of halogens is 1. The molecule has 0 radical (unpaired) electrons. The molecule has 4 aromatic rings. The second-order valence-corrected chi connectivity index (χ2v) is 6.63. The van der Waals surface area contributed by atoms with Crippen LogP contribution in [0.15, 0.2) is 89.5 Å². The maximum absolute atomic E-state index is 13.1. The van der Waals surface area contributed by atoms with Crippen molar-refractivity contribution in [3.63, 3.8) is 0 Å². The Balaban J connectivity index is 1.34. The van der Waals surface area contributed by atoms with E-state index in [0.717, 1.165) is 11.1 Å². The van der Waals surface area contributed by atoms with Gasteiger partial charge in [-0.2, -0.15) is 0 Å². The first-order chi connectivity index (χ1) is 14.7. The Bertz CT molecular complexity index is 1120. The maximum Gasteiger partial charge on any atom is 0.287 e. The van der Waals surface area contributed by atoms with Crippen LogP contribution in [0.4, 0.5) is 4.39 Å². The van der Waals surface area contributed by atoms with Crippen molar-refractivity contribution in [1.82, 2.24) is 10.3 Å². The van der Waals surface area contributed by atoms with Gasteiger partial charge >= 0.3 is 0 Å². The fourth-order valence-electron chi connectivity index (χ4n) is 2.87. The van der Waals surface area contributed by atoms with Crippen molar-refractivity contribution in [2.45, 2.75) is 13.2 Å². The number of hydrogen-bond donors (Lipinski definition) is 1. The summed E-state index contributed by atoms with van der Waals surface area (Å²) in [5.74, 6) is 0.506. The van der Waals surface area contributed by atoms with Crippen molar-refractivity contribution >= 4 is 5.91 Å². The molecule has 150 valence electrons. The number of benzene rings is 2. The minimum absolute atomic E-state index is 0.184. The number of pyridine rings is 1. The average Bonchev–Trinajstić information content (AvgIpc) is 3.28. The smallest absolute Gasteiger partial charge is 0.287 e. The summed E-state index contributed by atoms with van der Waals surface area (Å²) in [5.41, 5.74) is 2.60. The molecule has 0 saturated carbocycles. The highest BCUT2D eigenvalue weighted by molar-refractivity contribution is 5.92. The first kappa shape index (κ1) is 19.4. The lowest BCUT2D eigenvalue weighted by molar-refractivity contribution is 0.0924. The van der Waals surface area contributed by atoms with E-state index in [-0.39, 0.29) is 17.5 Å². The molecule has 6 heteroatoms. The molecule has 30 heavy (non-hydrogen) atoms. The van der Waals surface area contributed by atoms with E-state index in [2.05, 4.69) is 10.3 Å². The highest BCUT2D eigenvalue weighted by Gasteiger charge is 2.12. The zero-order valence-electron chi connectivity index (χ0n) is 16.0. The van der Waals surface area contributed by atoms with Gasteiger partial charge in [0.25, 0.3) is 5.91 Å². The largest absolute Gasteiger partial charge is 0.473 e. The fraction of sp³-hybridized carbons (Fsp3) is 0.0833. The third-order valence-electron chi connectivity index (χ3n) is 4.44. The average molecular weight is 402 g/mol. The van der Waals surface area contributed by atoms with E-state index in [1.807, 2.05) is 36.4 Å². The molecule has 0 atom stereocenters. The van der Waals surface area contributed by atoms with Crippen LogP contribution < -0.4 is 10.1 Å². The monoisotopic (exact) mass is 402 g/mol. The Hall–Kier alpha value is -3.93. The molecular formula is C24H19FN2O3. The van der Waals surface area contributed by atoms with Gasteiger partial charge in [-0.1, -0.05) is 30.3 Å². The van der Waals surface area contributed by atoms with Crippen LogP contribution >= 0.6 is 0 Å². The van der Waals surface area contributed by atoms with Gasteiger partial charge in [0.15, 0.2) is 5.76 Å². The van der Waals surface area contributed by atoms with E-state index in [1.165, 1.54) is 12.1 Å². The molecule has 0 aliphatic heterocycles. The van der Waals surface area contributed by atoms with Crippen molar-refractivity contribution in [3.8, 4) is 17.2 Å². The third-order valence-corrected chi connectivity index (χ3v) is 4.44. The number of furan rings is 1. The molecule has 1 N–H and O–H groups in total. The summed E-state index contributed by atoms with van der Waals surface area (Å²) in [4.78, 5) is 16.6. The SMILES string of the molecule is O=C(NCc1ccnc(OCc2ccccc2)c1)c1ccc(-c2ccc(F)cc2)o1. The number of rotatable bonds is 7. The van der Waals surface area contributed by atoms with E-state index in [9.17, 15) is 9.18 Å². The van der Waals surface area contributed by atoms with Crippen LogP contribution in [0.1, 0.15) is 21.7 Å². The molecule has 4 rings (SSSR count). The topological polar surface area (TPSA) is 64.4 Å². The minimum Gasteiger partial charge on any atom is -0.473 e. The number of nitrogens with one attached hydrogen (secondary N) is 1. The number of ether oxygens (including phenoxy) is 1. The molecule has 2 heterocycles. The van der Waals surface area contributed by atoms with E-state index in [1.54, 1.807) is 36.5 Å². The molecule has 1 amide bonds. The van der Waals surface area contributed by atoms with Crippen LogP contribution in [0.25, 0.3) is 11.3 Å². The summed E-state index contributed by atoms with van der Waals surface area (Å²) in [5, 5.41) is 2.81. The molecule has 0 aliphatic carbocycles. The Kier molecular flexibility index (Phi) is 5.85. The Labute approximate surface area is 173 Å². The Morgan fingerprint density at radius 3 is 2.57 bits per heavy atom. The van der Waals surface area contributed by atoms with Gasteiger partial charge in [0.05, 0.1) is 0 Å². The van der Waals surface area contributed by atoms with Gasteiger partial charge < -0.3 is 14.5 Å². The first-order valence-corrected chi connectivity index (χ1v) is 9.43. The van der Waals surface area contributed by atoms with Crippen LogP contribution in [-0.4, -0.2) is 10.9 Å². The second-order valence-electron chi connectivity index (χ2n) is 6.63. The van der Waals surface area contributed by atoms with Crippen molar-refractivity contribution < 1.29 is 18.3 Å². The highest BCUT2D eigenvalue weighted by atomic mass is 19.1. The number of hydrogen-bond acceptors (Lipinski definition) is 4. The van der Waals surface area contributed by atoms with Crippen LogP contribution in [-0.2, 0) is 13.2 Å². The van der Waals surface area contributed by atoms with Gasteiger partial charge in [-0.25, -0.2) is 9.37 Å². The van der Waals surface area contributed by atoms with Crippen LogP contribution in [0, 0.1) is 5.82 Å². The molecule has 0 fully saturated rings. The molecule has 0 saturated heterocycles. The lowest BCUT2D eigenvalue weighted by Crippen LogP contribution is -2.22. The maximum atomic E-state index is 13.1. The Morgan fingerprint density at radius 2 is 1.77 bits per heavy atom. The van der Waals surface area contributed by atoms with E-state index >= 15 is 0 Å². The van der Waals surface area contributed by atoms with E-state index < -0.39 is 0 Å². The van der Waals surface area contributed by atoms with E-state index in [4.69, 9.17) is 9.15 Å².